The van der Waals surface area contributed by atoms with Crippen molar-refractivity contribution in [1.29, 1.82) is 0 Å². The molecule has 6 nitrogen and oxygen atoms in total. The van der Waals surface area contributed by atoms with Crippen molar-refractivity contribution in [3.05, 3.63) is 109 Å². The SMILES string of the molecule is CS(=O)(=O)n1c(-c2ccccc2)c(-c2c(-c3ccccc3)n(S(C)(=O)=O)c3ccccc23)c2ccccc21. The molecule has 2 heterocycles. The average Bonchev–Trinajstić information content (AvgIpc) is 3.43. The van der Waals surface area contributed by atoms with Crippen LogP contribution >= 0.6 is 0 Å². The molecule has 0 spiro atoms. The van der Waals surface area contributed by atoms with Gasteiger partial charge in [0.1, 0.15) is 0 Å². The van der Waals surface area contributed by atoms with Crippen LogP contribution in [0, 0.1) is 0 Å². The van der Waals surface area contributed by atoms with E-state index in [1.54, 1.807) is 24.3 Å². The molecule has 4 aromatic carbocycles. The summed E-state index contributed by atoms with van der Waals surface area (Å²) in [7, 11) is -7.51. The summed E-state index contributed by atoms with van der Waals surface area (Å²) < 4.78 is 56.1. The largest absolute Gasteiger partial charge is 0.237 e. The van der Waals surface area contributed by atoms with Gasteiger partial charge in [0.2, 0.25) is 20.0 Å². The number of rotatable bonds is 5. The summed E-state index contributed by atoms with van der Waals surface area (Å²) in [5.41, 5.74) is 4.77. The van der Waals surface area contributed by atoms with E-state index in [0.717, 1.165) is 0 Å². The Kier molecular flexibility index (Phi) is 5.55. The summed E-state index contributed by atoms with van der Waals surface area (Å²) in [4.78, 5) is 0. The zero-order chi connectivity index (χ0) is 26.7. The lowest BCUT2D eigenvalue weighted by Gasteiger charge is -2.14. The fraction of sp³-hybridized carbons (Fsp3) is 0.0667. The fourth-order valence-electron chi connectivity index (χ4n) is 5.33. The van der Waals surface area contributed by atoms with Gasteiger partial charge in [0.15, 0.2) is 0 Å². The van der Waals surface area contributed by atoms with Crippen LogP contribution in [0.3, 0.4) is 0 Å². The first-order valence-electron chi connectivity index (χ1n) is 12.0. The minimum Gasteiger partial charge on any atom is -0.237 e. The van der Waals surface area contributed by atoms with Gasteiger partial charge >= 0.3 is 0 Å². The van der Waals surface area contributed by atoms with Crippen LogP contribution in [0.15, 0.2) is 109 Å². The zero-order valence-electron chi connectivity index (χ0n) is 20.7. The third kappa shape index (κ3) is 3.76. The maximum Gasteiger partial charge on any atom is 0.236 e. The van der Waals surface area contributed by atoms with Gasteiger partial charge in [0.25, 0.3) is 0 Å². The standard InChI is InChI=1S/C30H24N2O4S2/c1-37(33,34)31-25-19-11-9-17-23(25)27(29(31)21-13-5-3-6-14-21)28-24-18-10-12-20-26(24)32(38(2,35)36)30(28)22-15-7-4-8-16-22/h3-20H,1-2H3. The van der Waals surface area contributed by atoms with E-state index in [-0.39, 0.29) is 0 Å². The monoisotopic (exact) mass is 540 g/mol. The van der Waals surface area contributed by atoms with Crippen LogP contribution in [0.25, 0.3) is 55.4 Å². The van der Waals surface area contributed by atoms with Gasteiger partial charge in [-0.05, 0) is 23.3 Å². The highest BCUT2D eigenvalue weighted by Gasteiger charge is 2.31. The lowest BCUT2D eigenvalue weighted by molar-refractivity contribution is 0.593. The highest BCUT2D eigenvalue weighted by molar-refractivity contribution is 7.89. The fourth-order valence-corrected chi connectivity index (χ4v) is 7.42. The van der Waals surface area contributed by atoms with Gasteiger partial charge in [-0.15, -0.1) is 0 Å². The molecule has 0 aliphatic rings. The number of hydrogen-bond acceptors (Lipinski definition) is 4. The normalized spacial score (nSPS) is 12.4. The number of aromatic nitrogens is 2. The summed E-state index contributed by atoms with van der Waals surface area (Å²) >= 11 is 0. The van der Waals surface area contributed by atoms with Crippen molar-refractivity contribution < 1.29 is 16.8 Å². The lowest BCUT2D eigenvalue weighted by Crippen LogP contribution is -2.12. The molecule has 0 radical (unpaired) electrons. The van der Waals surface area contributed by atoms with Crippen LogP contribution in [-0.2, 0) is 20.0 Å². The molecule has 6 aromatic rings. The summed E-state index contributed by atoms with van der Waals surface area (Å²) in [6.07, 6.45) is 2.38. The highest BCUT2D eigenvalue weighted by Crippen LogP contribution is 2.49. The Bertz CT molecular complexity index is 1910. The minimum atomic E-state index is -3.76. The number of fused-ring (bicyclic) bond motifs is 2. The van der Waals surface area contributed by atoms with Gasteiger partial charge in [0.05, 0.1) is 34.9 Å². The summed E-state index contributed by atoms with van der Waals surface area (Å²) in [5, 5.41) is 1.43. The van der Waals surface area contributed by atoms with E-state index in [4.69, 9.17) is 0 Å². The van der Waals surface area contributed by atoms with Crippen LogP contribution < -0.4 is 0 Å². The Morgan fingerprint density at radius 1 is 0.447 bits per heavy atom. The molecule has 0 N–H and O–H groups in total. The molecular weight excluding hydrogens is 516 g/mol. The predicted octanol–water partition coefficient (Wildman–Crippen LogP) is 6.21. The van der Waals surface area contributed by atoms with Crippen LogP contribution in [0.2, 0.25) is 0 Å². The summed E-state index contributed by atoms with van der Waals surface area (Å²) in [6.45, 7) is 0. The van der Waals surface area contributed by atoms with Crippen molar-refractivity contribution in [3.63, 3.8) is 0 Å². The minimum absolute atomic E-state index is 0.489. The van der Waals surface area contributed by atoms with E-state index in [0.29, 0.717) is 55.4 Å². The Labute approximate surface area is 221 Å². The van der Waals surface area contributed by atoms with E-state index < -0.39 is 20.0 Å². The molecule has 0 aliphatic carbocycles. The van der Waals surface area contributed by atoms with E-state index in [9.17, 15) is 16.8 Å². The van der Waals surface area contributed by atoms with Crippen molar-refractivity contribution in [2.45, 2.75) is 0 Å². The molecule has 0 bridgehead atoms. The third-order valence-corrected chi connectivity index (χ3v) is 8.76. The van der Waals surface area contributed by atoms with Crippen molar-refractivity contribution in [2.75, 3.05) is 12.5 Å². The number of nitrogens with zero attached hydrogens (tertiary/aromatic N) is 2. The number of para-hydroxylation sites is 2. The van der Waals surface area contributed by atoms with Crippen molar-refractivity contribution in [3.8, 4) is 33.6 Å². The summed E-state index contributed by atoms with van der Waals surface area (Å²) in [5.74, 6) is 0. The second kappa shape index (κ2) is 8.72. The Morgan fingerprint density at radius 3 is 1.11 bits per heavy atom. The Balaban J connectivity index is 1.95. The molecule has 0 unspecified atom stereocenters. The Hall–Kier alpha value is -4.14. The highest BCUT2D eigenvalue weighted by atomic mass is 32.2. The quantitative estimate of drug-likeness (QED) is 0.260. The molecule has 38 heavy (non-hydrogen) atoms. The molecule has 0 aliphatic heterocycles. The van der Waals surface area contributed by atoms with Crippen LogP contribution in [0.1, 0.15) is 0 Å². The molecule has 0 saturated heterocycles. The van der Waals surface area contributed by atoms with Crippen molar-refractivity contribution in [1.82, 2.24) is 7.94 Å². The van der Waals surface area contributed by atoms with Gasteiger partial charge < -0.3 is 0 Å². The van der Waals surface area contributed by atoms with E-state index in [1.165, 1.54) is 20.5 Å². The first kappa shape index (κ1) is 24.2. The van der Waals surface area contributed by atoms with Gasteiger partial charge in [-0.2, -0.15) is 0 Å². The maximum atomic E-state index is 13.3. The molecule has 0 atom stereocenters. The smallest absolute Gasteiger partial charge is 0.236 e. The topological polar surface area (TPSA) is 78.1 Å². The first-order valence-corrected chi connectivity index (χ1v) is 15.7. The van der Waals surface area contributed by atoms with Crippen LogP contribution in [-0.4, -0.2) is 37.3 Å². The molecule has 8 heteroatoms. The molecular formula is C30H24N2O4S2. The zero-order valence-corrected chi connectivity index (χ0v) is 22.4. The molecule has 2 aromatic heterocycles. The van der Waals surface area contributed by atoms with Gasteiger partial charge in [0, 0.05) is 21.9 Å². The third-order valence-electron chi connectivity index (χ3n) is 6.67. The van der Waals surface area contributed by atoms with E-state index >= 15 is 0 Å². The summed E-state index contributed by atoms with van der Waals surface area (Å²) in [6, 6.07) is 33.4. The first-order chi connectivity index (χ1) is 18.2. The second-order valence-electron chi connectivity index (χ2n) is 9.27. The van der Waals surface area contributed by atoms with Crippen LogP contribution in [0.5, 0.6) is 0 Å². The second-order valence-corrected chi connectivity index (χ2v) is 12.9. The number of benzene rings is 4. The average molecular weight is 541 g/mol. The maximum absolute atomic E-state index is 13.3. The van der Waals surface area contributed by atoms with Crippen LogP contribution in [0.4, 0.5) is 0 Å². The van der Waals surface area contributed by atoms with E-state index in [2.05, 4.69) is 0 Å². The molecule has 6 rings (SSSR count). The Morgan fingerprint density at radius 2 is 0.763 bits per heavy atom. The van der Waals surface area contributed by atoms with Gasteiger partial charge in [-0.3, -0.25) is 0 Å². The predicted molar refractivity (Wildman–Crippen MR) is 154 cm³/mol. The van der Waals surface area contributed by atoms with Gasteiger partial charge in [-0.1, -0.05) is 97.1 Å². The van der Waals surface area contributed by atoms with Crippen molar-refractivity contribution >= 4 is 41.9 Å². The van der Waals surface area contributed by atoms with E-state index in [1.807, 2.05) is 84.9 Å². The molecule has 0 saturated carbocycles. The lowest BCUT2D eigenvalue weighted by atomic mass is 9.94. The van der Waals surface area contributed by atoms with Crippen molar-refractivity contribution in [2.24, 2.45) is 0 Å². The molecule has 0 amide bonds. The molecule has 190 valence electrons. The van der Waals surface area contributed by atoms with Gasteiger partial charge in [-0.25, -0.2) is 24.8 Å². The number of hydrogen-bond donors (Lipinski definition) is 0. The molecule has 0 fully saturated rings.